The number of carbonyl (C=O) groups excluding carboxylic acids is 1. The van der Waals surface area contributed by atoms with E-state index in [0.29, 0.717) is 21.2 Å². The maximum absolute atomic E-state index is 10.2. The summed E-state index contributed by atoms with van der Waals surface area (Å²) >= 11 is 9.68. The average Bonchev–Trinajstić information content (AvgIpc) is 2.56. The van der Waals surface area contributed by atoms with Crippen molar-refractivity contribution in [2.24, 2.45) is 0 Å². The van der Waals surface area contributed by atoms with Crippen LogP contribution in [0.5, 0.6) is 5.75 Å². The number of methoxy groups -OCH3 is 1. The van der Waals surface area contributed by atoms with Crippen molar-refractivity contribution < 1.29 is 19.5 Å². The Morgan fingerprint density at radius 1 is 1.26 bits per heavy atom. The molecule has 0 bridgehead atoms. The molecule has 0 heterocycles. The van der Waals surface area contributed by atoms with Gasteiger partial charge >= 0.3 is 0 Å². The molecule has 0 N–H and O–H groups in total. The van der Waals surface area contributed by atoms with Crippen LogP contribution < -0.4 is 4.74 Å². The fraction of sp³-hybridized carbons (Fsp3) is 0.133. The van der Waals surface area contributed by atoms with Crippen LogP contribution in [0, 0.1) is 10.1 Å². The first kappa shape index (κ1) is 18.8. The van der Waals surface area contributed by atoms with Crippen LogP contribution in [0.2, 0.25) is 5.02 Å². The molecule has 0 radical (unpaired) electrons. The van der Waals surface area contributed by atoms with Crippen molar-refractivity contribution in [1.29, 1.82) is 0 Å². The third-order valence-electron chi connectivity index (χ3n) is 2.60. The van der Waals surface area contributed by atoms with Gasteiger partial charge in [-0.15, -0.1) is 22.7 Å². The Balaban J connectivity index is 0.000000238. The van der Waals surface area contributed by atoms with Gasteiger partial charge in [0.1, 0.15) is 18.6 Å². The highest BCUT2D eigenvalue weighted by Crippen LogP contribution is 2.19. The van der Waals surface area contributed by atoms with Crippen LogP contribution in [0.4, 0.5) is 0 Å². The number of thiol groups is 1. The lowest BCUT2D eigenvalue weighted by Gasteiger charge is -2.01. The first-order valence-corrected chi connectivity index (χ1v) is 7.12. The van der Waals surface area contributed by atoms with E-state index in [9.17, 15) is 14.9 Å². The van der Waals surface area contributed by atoms with Crippen molar-refractivity contribution in [3.8, 4) is 5.75 Å². The van der Waals surface area contributed by atoms with Crippen molar-refractivity contribution in [2.45, 2.75) is 11.5 Å². The van der Waals surface area contributed by atoms with Crippen molar-refractivity contribution in [3.05, 3.63) is 68.7 Å². The monoisotopic (exact) mass is 355 g/mol. The molecule has 23 heavy (non-hydrogen) atoms. The maximum atomic E-state index is 10.2. The third-order valence-corrected chi connectivity index (χ3v) is 3.43. The fourth-order valence-electron chi connectivity index (χ4n) is 1.45. The molecule has 2 rings (SSSR count). The highest BCUT2D eigenvalue weighted by molar-refractivity contribution is 7.80. The van der Waals surface area contributed by atoms with Gasteiger partial charge in [-0.1, -0.05) is 29.8 Å². The van der Waals surface area contributed by atoms with Gasteiger partial charge in [0, 0.05) is 10.5 Å². The van der Waals surface area contributed by atoms with Gasteiger partial charge < -0.3 is 9.57 Å². The number of hydrogen-bond donors (Lipinski definition) is 1. The summed E-state index contributed by atoms with van der Waals surface area (Å²) in [5, 5.41) is 9.60. The minimum absolute atomic E-state index is 0.0308. The maximum Gasteiger partial charge on any atom is 0.294 e. The number of ether oxygens (including phenoxy) is 1. The first-order valence-electron chi connectivity index (χ1n) is 6.30. The number of rotatable bonds is 5. The summed E-state index contributed by atoms with van der Waals surface area (Å²) in [7, 11) is 1.56. The first-order chi connectivity index (χ1) is 11.0. The number of nitrogens with zero attached hydrogens (tertiary/aromatic N) is 1. The van der Waals surface area contributed by atoms with Crippen molar-refractivity contribution >= 4 is 30.5 Å². The van der Waals surface area contributed by atoms with Crippen LogP contribution in [-0.2, 0) is 11.4 Å². The van der Waals surface area contributed by atoms with Crippen LogP contribution >= 0.6 is 24.2 Å². The molecular weight excluding hydrogens is 342 g/mol. The Labute approximate surface area is 143 Å². The van der Waals surface area contributed by atoms with Crippen molar-refractivity contribution in [1.82, 2.24) is 0 Å². The molecule has 0 aliphatic rings. The van der Waals surface area contributed by atoms with Gasteiger partial charge in [-0.05, 0) is 29.8 Å². The Morgan fingerprint density at radius 3 is 2.39 bits per heavy atom. The quantitative estimate of drug-likeness (QED) is 0.381. The molecule has 0 fully saturated rings. The predicted molar refractivity (Wildman–Crippen MR) is 88.9 cm³/mol. The lowest BCUT2D eigenvalue weighted by Crippen LogP contribution is -2.00. The molecule has 6 nitrogen and oxygen atoms in total. The summed E-state index contributed by atoms with van der Waals surface area (Å²) in [6, 6.07) is 11.8. The molecule has 0 aliphatic heterocycles. The summed E-state index contributed by atoms with van der Waals surface area (Å²) in [4.78, 5) is 24.9. The lowest BCUT2D eigenvalue weighted by molar-refractivity contribution is -0.763. The second-order valence-corrected chi connectivity index (χ2v) is 5.06. The van der Waals surface area contributed by atoms with Gasteiger partial charge in [0.2, 0.25) is 0 Å². The second-order valence-electron chi connectivity index (χ2n) is 4.17. The van der Waals surface area contributed by atoms with Gasteiger partial charge in [-0.2, -0.15) is 0 Å². The Bertz CT molecular complexity index is 663. The number of halogens is 1. The van der Waals surface area contributed by atoms with E-state index in [1.807, 2.05) is 0 Å². The van der Waals surface area contributed by atoms with Gasteiger partial charge in [0.05, 0.1) is 12.1 Å². The molecule has 8 heteroatoms. The van der Waals surface area contributed by atoms with E-state index in [0.717, 1.165) is 11.8 Å². The largest absolute Gasteiger partial charge is 0.497 e. The summed E-state index contributed by atoms with van der Waals surface area (Å²) in [6.07, 6.45) is 0.760. The lowest BCUT2D eigenvalue weighted by atomic mass is 10.2. The minimum Gasteiger partial charge on any atom is -0.497 e. The number of hydrogen-bond acceptors (Lipinski definition) is 6. The number of aldehydes is 1. The van der Waals surface area contributed by atoms with Gasteiger partial charge in [0.25, 0.3) is 5.09 Å². The Morgan fingerprint density at radius 2 is 1.91 bits per heavy atom. The summed E-state index contributed by atoms with van der Waals surface area (Å²) < 4.78 is 4.92. The minimum atomic E-state index is -0.815. The van der Waals surface area contributed by atoms with Gasteiger partial charge in [-0.3, -0.25) is 4.79 Å². The van der Waals surface area contributed by atoms with E-state index in [-0.39, 0.29) is 6.61 Å². The highest BCUT2D eigenvalue weighted by atomic mass is 35.5. The molecule has 2 aromatic carbocycles. The molecule has 0 saturated heterocycles. The van der Waals surface area contributed by atoms with Crippen LogP contribution in [0.15, 0.2) is 47.4 Å². The normalized spacial score (nSPS) is 9.35. The zero-order valence-corrected chi connectivity index (χ0v) is 13.8. The fourth-order valence-corrected chi connectivity index (χ4v) is 1.79. The van der Waals surface area contributed by atoms with E-state index in [1.165, 1.54) is 0 Å². The van der Waals surface area contributed by atoms with E-state index < -0.39 is 5.09 Å². The van der Waals surface area contributed by atoms with E-state index in [1.54, 1.807) is 49.6 Å². The van der Waals surface area contributed by atoms with Crippen molar-refractivity contribution in [2.75, 3.05) is 7.11 Å². The van der Waals surface area contributed by atoms with Gasteiger partial charge in [0.15, 0.2) is 0 Å². The topological polar surface area (TPSA) is 78.7 Å². The zero-order chi connectivity index (χ0) is 17.2. The van der Waals surface area contributed by atoms with E-state index in [4.69, 9.17) is 16.3 Å². The molecule has 122 valence electrons. The molecule has 0 spiro atoms. The summed E-state index contributed by atoms with van der Waals surface area (Å²) in [5.41, 5.74) is 1.33. The molecule has 2 aromatic rings. The second kappa shape index (κ2) is 9.70. The van der Waals surface area contributed by atoms with Crippen LogP contribution in [0.25, 0.3) is 0 Å². The molecule has 0 unspecified atom stereocenters. The molecule has 0 amide bonds. The molecule has 0 atom stereocenters. The van der Waals surface area contributed by atoms with E-state index in [2.05, 4.69) is 17.5 Å². The third kappa shape index (κ3) is 7.03. The predicted octanol–water partition coefficient (Wildman–Crippen LogP) is 3.84. The molecule has 0 saturated carbocycles. The van der Waals surface area contributed by atoms with Crippen LogP contribution in [0.1, 0.15) is 15.9 Å². The summed E-state index contributed by atoms with van der Waals surface area (Å²) in [5.74, 6) is 0.713. The number of carbonyl (C=O) groups is 1. The Hall–Kier alpha value is -2.25. The average molecular weight is 356 g/mol. The SMILES string of the molecule is COc1ccc(CO[N+](=O)[O-])cc1.O=Cc1ccc(Cl)c(S)c1. The standard InChI is InChI=1S/C8H9NO4.C7H5ClOS/c1-12-8-4-2-7(3-5-8)6-13-9(10)11;8-6-2-1-5(4-9)3-7(6)10/h2-5H,6H2,1H3;1-4,10H. The molecular formula is C15H14ClNO5S. The Kier molecular flexibility index (Phi) is 7.93. The van der Waals surface area contributed by atoms with Crippen molar-refractivity contribution in [3.63, 3.8) is 0 Å². The van der Waals surface area contributed by atoms with Gasteiger partial charge in [-0.25, -0.2) is 0 Å². The molecule has 0 aromatic heterocycles. The van der Waals surface area contributed by atoms with Crippen LogP contribution in [-0.4, -0.2) is 18.5 Å². The molecule has 0 aliphatic carbocycles. The van der Waals surface area contributed by atoms with E-state index >= 15 is 0 Å². The van der Waals surface area contributed by atoms with Crippen LogP contribution in [0.3, 0.4) is 0 Å². The summed E-state index contributed by atoms with van der Waals surface area (Å²) in [6.45, 7) is -0.0308. The highest BCUT2D eigenvalue weighted by Gasteiger charge is 1.97. The zero-order valence-electron chi connectivity index (χ0n) is 12.1. The number of benzene rings is 2. The smallest absolute Gasteiger partial charge is 0.294 e.